The average molecular weight is 369 g/mol. The lowest BCUT2D eigenvalue weighted by Crippen LogP contribution is -2.01. The molecular weight excluding hydrogens is 348 g/mol. The Labute approximate surface area is 154 Å². The molecule has 3 aromatic rings. The van der Waals surface area contributed by atoms with E-state index in [0.717, 1.165) is 17.7 Å². The zero-order valence-electron chi connectivity index (χ0n) is 14.8. The molecule has 26 heavy (non-hydrogen) atoms. The standard InChI is InChI=1S/C21H22O4S/c1-3-15(2)16-10-12-18(13-11-16)25-14-17-6-4-8-20-19(17)7-5-9-21(20)26(22,23)24/h4-13,15H,3,14H2,1-2H3,(H,22,23,24)/p-1. The van der Waals surface area contributed by atoms with Gasteiger partial charge in [-0.2, -0.15) is 0 Å². The quantitative estimate of drug-likeness (QED) is 0.583. The third-order valence-corrected chi connectivity index (χ3v) is 5.59. The summed E-state index contributed by atoms with van der Waals surface area (Å²) in [5, 5.41) is 1.14. The molecule has 0 saturated heterocycles. The van der Waals surface area contributed by atoms with Crippen LogP contribution in [0.5, 0.6) is 5.75 Å². The normalized spacial score (nSPS) is 12.9. The molecule has 0 heterocycles. The van der Waals surface area contributed by atoms with Gasteiger partial charge in [0.2, 0.25) is 0 Å². The minimum atomic E-state index is -4.52. The SMILES string of the molecule is CCC(C)c1ccc(OCc2cccc3c(S(=O)(=O)[O-])cccc23)cc1. The summed E-state index contributed by atoms with van der Waals surface area (Å²) in [5.41, 5.74) is 2.11. The van der Waals surface area contributed by atoms with Crippen LogP contribution in [-0.2, 0) is 16.7 Å². The van der Waals surface area contributed by atoms with Gasteiger partial charge in [-0.05, 0) is 52.4 Å². The Kier molecular flexibility index (Phi) is 5.30. The molecule has 0 aromatic heterocycles. The monoisotopic (exact) mass is 369 g/mol. The molecule has 0 aliphatic rings. The summed E-state index contributed by atoms with van der Waals surface area (Å²) >= 11 is 0. The molecule has 4 nitrogen and oxygen atoms in total. The fraction of sp³-hybridized carbons (Fsp3) is 0.238. The molecule has 0 fully saturated rings. The van der Waals surface area contributed by atoms with E-state index in [9.17, 15) is 13.0 Å². The average Bonchev–Trinajstić information content (AvgIpc) is 2.64. The number of fused-ring (bicyclic) bond motifs is 1. The second kappa shape index (κ2) is 7.48. The van der Waals surface area contributed by atoms with Crippen molar-refractivity contribution in [3.8, 4) is 5.75 Å². The van der Waals surface area contributed by atoms with Crippen LogP contribution in [-0.4, -0.2) is 13.0 Å². The molecule has 0 radical (unpaired) electrons. The first-order valence-electron chi connectivity index (χ1n) is 8.59. The Balaban J connectivity index is 1.86. The Bertz CT molecular complexity index is 1010. The van der Waals surface area contributed by atoms with E-state index in [-0.39, 0.29) is 4.90 Å². The van der Waals surface area contributed by atoms with Gasteiger partial charge in [0.05, 0.1) is 4.90 Å². The number of ether oxygens (including phenoxy) is 1. The predicted molar refractivity (Wildman–Crippen MR) is 101 cm³/mol. The molecule has 5 heteroatoms. The summed E-state index contributed by atoms with van der Waals surface area (Å²) < 4.78 is 40.3. The van der Waals surface area contributed by atoms with Crippen LogP contribution >= 0.6 is 0 Å². The van der Waals surface area contributed by atoms with Crippen molar-refractivity contribution in [2.75, 3.05) is 0 Å². The zero-order chi connectivity index (χ0) is 18.7. The summed E-state index contributed by atoms with van der Waals surface area (Å²) in [5.74, 6) is 1.26. The minimum Gasteiger partial charge on any atom is -0.744 e. The first kappa shape index (κ1) is 18.4. The maximum Gasteiger partial charge on any atom is 0.125 e. The van der Waals surface area contributed by atoms with Crippen molar-refractivity contribution in [3.63, 3.8) is 0 Å². The number of hydrogen-bond donors (Lipinski definition) is 0. The minimum absolute atomic E-state index is 0.199. The van der Waals surface area contributed by atoms with Gasteiger partial charge in [0.15, 0.2) is 0 Å². The molecule has 3 rings (SSSR count). The Morgan fingerprint density at radius 1 is 0.962 bits per heavy atom. The van der Waals surface area contributed by atoms with E-state index in [2.05, 4.69) is 26.0 Å². The van der Waals surface area contributed by atoms with E-state index < -0.39 is 10.1 Å². The van der Waals surface area contributed by atoms with Gasteiger partial charge in [-0.1, -0.05) is 56.3 Å². The van der Waals surface area contributed by atoms with E-state index in [0.29, 0.717) is 23.3 Å². The number of rotatable bonds is 6. The molecule has 0 saturated carbocycles. The summed E-state index contributed by atoms with van der Waals surface area (Å²) in [6.07, 6.45) is 1.08. The van der Waals surface area contributed by atoms with Gasteiger partial charge in [-0.25, -0.2) is 8.42 Å². The molecule has 0 spiro atoms. The van der Waals surface area contributed by atoms with Gasteiger partial charge in [0.1, 0.15) is 22.5 Å². The molecule has 0 aliphatic carbocycles. The van der Waals surface area contributed by atoms with Crippen molar-refractivity contribution in [1.29, 1.82) is 0 Å². The van der Waals surface area contributed by atoms with Crippen LogP contribution in [0.3, 0.4) is 0 Å². The molecule has 1 unspecified atom stereocenters. The highest BCUT2D eigenvalue weighted by Crippen LogP contribution is 2.27. The molecule has 0 N–H and O–H groups in total. The number of hydrogen-bond acceptors (Lipinski definition) is 4. The zero-order valence-corrected chi connectivity index (χ0v) is 15.6. The Morgan fingerprint density at radius 3 is 2.27 bits per heavy atom. The predicted octanol–water partition coefficient (Wildman–Crippen LogP) is 4.84. The van der Waals surface area contributed by atoms with Crippen LogP contribution < -0.4 is 4.74 Å². The van der Waals surface area contributed by atoms with E-state index >= 15 is 0 Å². The molecule has 0 amide bonds. The molecule has 136 valence electrons. The van der Waals surface area contributed by atoms with Crippen molar-refractivity contribution < 1.29 is 17.7 Å². The summed E-state index contributed by atoms with van der Waals surface area (Å²) in [6.45, 7) is 4.64. The lowest BCUT2D eigenvalue weighted by molar-refractivity contribution is 0.307. The maximum absolute atomic E-state index is 11.5. The van der Waals surface area contributed by atoms with E-state index in [1.807, 2.05) is 18.2 Å². The van der Waals surface area contributed by atoms with Crippen molar-refractivity contribution in [2.24, 2.45) is 0 Å². The van der Waals surface area contributed by atoms with Crippen molar-refractivity contribution in [3.05, 3.63) is 71.8 Å². The van der Waals surface area contributed by atoms with Gasteiger partial charge < -0.3 is 9.29 Å². The summed E-state index contributed by atoms with van der Waals surface area (Å²) in [6, 6.07) is 18.0. The third-order valence-electron chi connectivity index (χ3n) is 4.70. The highest BCUT2D eigenvalue weighted by Gasteiger charge is 2.10. The second-order valence-electron chi connectivity index (χ2n) is 6.39. The van der Waals surface area contributed by atoms with Crippen LogP contribution in [0.4, 0.5) is 0 Å². The molecule has 0 aliphatic heterocycles. The fourth-order valence-electron chi connectivity index (χ4n) is 2.98. The Morgan fingerprint density at radius 2 is 1.62 bits per heavy atom. The summed E-state index contributed by atoms with van der Waals surface area (Å²) in [4.78, 5) is -0.199. The van der Waals surface area contributed by atoms with Gasteiger partial charge >= 0.3 is 0 Å². The van der Waals surface area contributed by atoms with Gasteiger partial charge in [-0.3, -0.25) is 0 Å². The van der Waals surface area contributed by atoms with Crippen LogP contribution in [0.25, 0.3) is 10.8 Å². The molecule has 1 atom stereocenters. The van der Waals surface area contributed by atoms with Crippen LogP contribution in [0.2, 0.25) is 0 Å². The molecular formula is C21H21O4S-. The smallest absolute Gasteiger partial charge is 0.125 e. The van der Waals surface area contributed by atoms with Gasteiger partial charge in [0.25, 0.3) is 0 Å². The van der Waals surface area contributed by atoms with E-state index in [4.69, 9.17) is 4.74 Å². The highest BCUT2D eigenvalue weighted by atomic mass is 32.2. The van der Waals surface area contributed by atoms with Crippen LogP contribution in [0.15, 0.2) is 65.6 Å². The third kappa shape index (κ3) is 3.89. The fourth-order valence-corrected chi connectivity index (χ4v) is 3.67. The second-order valence-corrected chi connectivity index (χ2v) is 7.74. The number of benzene rings is 3. The van der Waals surface area contributed by atoms with Crippen molar-refractivity contribution in [2.45, 2.75) is 37.7 Å². The van der Waals surface area contributed by atoms with Crippen LogP contribution in [0, 0.1) is 0 Å². The first-order chi connectivity index (χ1) is 12.4. The van der Waals surface area contributed by atoms with Gasteiger partial charge in [-0.15, -0.1) is 0 Å². The van der Waals surface area contributed by atoms with Crippen molar-refractivity contribution >= 4 is 20.9 Å². The maximum atomic E-state index is 11.5. The topological polar surface area (TPSA) is 66.4 Å². The first-order valence-corrected chi connectivity index (χ1v) is 10.00. The summed E-state index contributed by atoms with van der Waals surface area (Å²) in [7, 11) is -4.52. The van der Waals surface area contributed by atoms with E-state index in [1.54, 1.807) is 24.3 Å². The largest absolute Gasteiger partial charge is 0.744 e. The van der Waals surface area contributed by atoms with Crippen molar-refractivity contribution in [1.82, 2.24) is 0 Å². The van der Waals surface area contributed by atoms with Gasteiger partial charge in [0, 0.05) is 0 Å². The highest BCUT2D eigenvalue weighted by molar-refractivity contribution is 7.86. The Hall–Kier alpha value is -2.37. The van der Waals surface area contributed by atoms with E-state index in [1.165, 1.54) is 11.6 Å². The lowest BCUT2D eigenvalue weighted by atomic mass is 9.99. The lowest BCUT2D eigenvalue weighted by Gasteiger charge is -2.14. The molecule has 3 aromatic carbocycles. The van der Waals surface area contributed by atoms with Crippen LogP contribution in [0.1, 0.15) is 37.3 Å². The molecule has 0 bridgehead atoms.